The Morgan fingerprint density at radius 2 is 2.03 bits per heavy atom. The highest BCUT2D eigenvalue weighted by atomic mass is 32.2. The van der Waals surface area contributed by atoms with Crippen LogP contribution in [0.25, 0.3) is 0 Å². The summed E-state index contributed by atoms with van der Waals surface area (Å²) in [6.07, 6.45) is 2.96. The number of carbonyl (C=O) groups excluding carboxylic acids is 3. The predicted octanol–water partition coefficient (Wildman–Crippen LogP) is 3.07. The molecule has 0 bridgehead atoms. The molecule has 2 saturated heterocycles. The number of imide groups is 1. The molecule has 1 aromatic rings. The van der Waals surface area contributed by atoms with Crippen LogP contribution in [0.4, 0.5) is 4.79 Å². The number of thiazole rings is 1. The number of hydrogen-bond acceptors (Lipinski definition) is 7. The molecule has 3 heterocycles. The molecule has 0 radical (unpaired) electrons. The molecule has 0 saturated carbocycles. The van der Waals surface area contributed by atoms with E-state index in [0.29, 0.717) is 44.3 Å². The lowest BCUT2D eigenvalue weighted by atomic mass is 9.74. The monoisotopic (exact) mass is 495 g/mol. The highest BCUT2D eigenvalue weighted by Crippen LogP contribution is 2.38. The van der Waals surface area contributed by atoms with E-state index in [4.69, 9.17) is 0 Å². The summed E-state index contributed by atoms with van der Waals surface area (Å²) in [7, 11) is 3.87. The molecule has 184 valence electrons. The van der Waals surface area contributed by atoms with E-state index < -0.39 is 5.54 Å². The molecule has 0 spiro atoms. The molecule has 2 aliphatic rings. The SMILES string of the molecule is Cc1csc(SCC(=O)N2CCC(C3(CCC(C)C)NC(=O)N(CCN(C)C)C3=O)CC2)n1. The zero-order valence-corrected chi connectivity index (χ0v) is 22.1. The quantitative estimate of drug-likeness (QED) is 0.397. The maximum Gasteiger partial charge on any atom is 0.325 e. The van der Waals surface area contributed by atoms with Crippen LogP contribution in [0, 0.1) is 18.8 Å². The normalized spacial score (nSPS) is 22.0. The lowest BCUT2D eigenvalue weighted by Gasteiger charge is -2.41. The minimum atomic E-state index is -0.851. The highest BCUT2D eigenvalue weighted by molar-refractivity contribution is 8.01. The van der Waals surface area contributed by atoms with Gasteiger partial charge in [0.2, 0.25) is 5.91 Å². The van der Waals surface area contributed by atoms with E-state index in [1.54, 1.807) is 11.3 Å². The van der Waals surface area contributed by atoms with Gasteiger partial charge < -0.3 is 15.1 Å². The Labute approximate surface area is 205 Å². The molecule has 0 aliphatic carbocycles. The van der Waals surface area contributed by atoms with E-state index in [1.807, 2.05) is 36.2 Å². The first-order chi connectivity index (χ1) is 15.6. The van der Waals surface area contributed by atoms with Crippen molar-refractivity contribution in [2.75, 3.05) is 46.0 Å². The molecule has 2 fully saturated rings. The van der Waals surface area contributed by atoms with Crippen molar-refractivity contribution >= 4 is 40.9 Å². The number of aryl methyl sites for hydroxylation is 1. The lowest BCUT2D eigenvalue weighted by molar-refractivity contribution is -0.135. The van der Waals surface area contributed by atoms with Crippen molar-refractivity contribution in [3.05, 3.63) is 11.1 Å². The van der Waals surface area contributed by atoms with Gasteiger partial charge >= 0.3 is 6.03 Å². The molecule has 33 heavy (non-hydrogen) atoms. The number of carbonyl (C=O) groups is 3. The van der Waals surface area contributed by atoms with Gasteiger partial charge in [0, 0.05) is 37.3 Å². The first-order valence-corrected chi connectivity index (χ1v) is 13.6. The van der Waals surface area contributed by atoms with Crippen molar-refractivity contribution in [1.29, 1.82) is 0 Å². The van der Waals surface area contributed by atoms with E-state index in [9.17, 15) is 14.4 Å². The highest BCUT2D eigenvalue weighted by Gasteiger charge is 2.55. The predicted molar refractivity (Wildman–Crippen MR) is 132 cm³/mol. The molecule has 8 nitrogen and oxygen atoms in total. The van der Waals surface area contributed by atoms with Crippen molar-refractivity contribution in [2.45, 2.75) is 56.3 Å². The third kappa shape index (κ3) is 6.27. The fourth-order valence-electron chi connectivity index (χ4n) is 4.55. The molecule has 1 unspecified atom stereocenters. The van der Waals surface area contributed by atoms with Crippen molar-refractivity contribution < 1.29 is 14.4 Å². The third-order valence-corrected chi connectivity index (χ3v) is 8.67. The number of nitrogens with one attached hydrogen (secondary N) is 1. The number of nitrogens with zero attached hydrogens (tertiary/aromatic N) is 4. The van der Waals surface area contributed by atoms with Gasteiger partial charge in [-0.1, -0.05) is 25.6 Å². The summed E-state index contributed by atoms with van der Waals surface area (Å²) in [5, 5.41) is 5.10. The maximum atomic E-state index is 13.6. The third-order valence-electron chi connectivity index (χ3n) is 6.55. The summed E-state index contributed by atoms with van der Waals surface area (Å²) in [6.45, 7) is 8.50. The van der Waals surface area contributed by atoms with Crippen LogP contribution in [0.5, 0.6) is 0 Å². The summed E-state index contributed by atoms with van der Waals surface area (Å²) in [6, 6.07) is -0.278. The standard InChI is InChI=1S/C23H37N5O3S2/c1-16(2)6-9-23(20(30)28(21(31)25-23)13-12-26(4)5)18-7-10-27(11-8-18)19(29)15-33-22-24-17(3)14-32-22/h14,16,18H,6-13,15H2,1-5H3,(H,25,31). The van der Waals surface area contributed by atoms with Crippen molar-refractivity contribution in [2.24, 2.45) is 11.8 Å². The largest absolute Gasteiger partial charge is 0.342 e. The van der Waals surface area contributed by atoms with Gasteiger partial charge in [0.15, 0.2) is 4.34 Å². The Balaban J connectivity index is 1.63. The average Bonchev–Trinajstić information content (AvgIpc) is 3.29. The van der Waals surface area contributed by atoms with Gasteiger partial charge in [-0.3, -0.25) is 14.5 Å². The number of rotatable bonds is 10. The smallest absolute Gasteiger partial charge is 0.325 e. The average molecular weight is 496 g/mol. The van der Waals surface area contributed by atoms with E-state index in [-0.39, 0.29) is 23.8 Å². The number of thioether (sulfide) groups is 1. The zero-order chi connectivity index (χ0) is 24.2. The zero-order valence-electron chi connectivity index (χ0n) is 20.4. The summed E-state index contributed by atoms with van der Waals surface area (Å²) >= 11 is 3.05. The van der Waals surface area contributed by atoms with Crippen molar-refractivity contribution in [1.82, 2.24) is 25.0 Å². The van der Waals surface area contributed by atoms with E-state index in [2.05, 4.69) is 24.1 Å². The number of urea groups is 1. The van der Waals surface area contributed by atoms with Crippen LogP contribution in [0.2, 0.25) is 0 Å². The summed E-state index contributed by atoms with van der Waals surface area (Å²) in [5.41, 5.74) is 0.126. The summed E-state index contributed by atoms with van der Waals surface area (Å²) < 4.78 is 0.917. The molecule has 2 aliphatic heterocycles. The van der Waals surface area contributed by atoms with Crippen LogP contribution >= 0.6 is 23.1 Å². The molecule has 4 amide bonds. The topological polar surface area (TPSA) is 85.9 Å². The molecule has 1 N–H and O–H groups in total. The van der Waals surface area contributed by atoms with Gasteiger partial charge in [0.25, 0.3) is 5.91 Å². The van der Waals surface area contributed by atoms with Gasteiger partial charge in [-0.25, -0.2) is 9.78 Å². The second-order valence-electron chi connectivity index (χ2n) is 9.79. The number of aromatic nitrogens is 1. The molecular formula is C23H37N5O3S2. The fraction of sp³-hybridized carbons (Fsp3) is 0.739. The molecule has 1 atom stereocenters. The van der Waals surface area contributed by atoms with Gasteiger partial charge in [0.05, 0.1) is 5.75 Å². The Morgan fingerprint density at radius 3 is 2.61 bits per heavy atom. The van der Waals surface area contributed by atoms with Gasteiger partial charge in [-0.15, -0.1) is 11.3 Å². The number of likely N-dealkylation sites (tertiary alicyclic amines) is 1. The number of hydrogen-bond donors (Lipinski definition) is 1. The Hall–Kier alpha value is -1.65. The summed E-state index contributed by atoms with van der Waals surface area (Å²) in [5.74, 6) is 0.877. The fourth-order valence-corrected chi connectivity index (χ4v) is 6.30. The first kappa shape index (κ1) is 26.0. The van der Waals surface area contributed by atoms with E-state index in [0.717, 1.165) is 29.3 Å². The lowest BCUT2D eigenvalue weighted by Crippen LogP contribution is -2.57. The molecular weight excluding hydrogens is 458 g/mol. The Bertz CT molecular complexity index is 851. The van der Waals surface area contributed by atoms with E-state index >= 15 is 0 Å². The minimum Gasteiger partial charge on any atom is -0.342 e. The van der Waals surface area contributed by atoms with Crippen LogP contribution in [0.3, 0.4) is 0 Å². The van der Waals surface area contributed by atoms with Crippen LogP contribution in [0.1, 0.15) is 45.2 Å². The number of amides is 4. The van der Waals surface area contributed by atoms with E-state index in [1.165, 1.54) is 16.7 Å². The number of likely N-dealkylation sites (N-methyl/N-ethyl adjacent to an activating group) is 1. The van der Waals surface area contributed by atoms with Crippen molar-refractivity contribution in [3.63, 3.8) is 0 Å². The molecule has 3 rings (SSSR count). The van der Waals surface area contributed by atoms with Crippen LogP contribution in [-0.2, 0) is 9.59 Å². The van der Waals surface area contributed by atoms with Gasteiger partial charge in [0.1, 0.15) is 5.54 Å². The maximum absolute atomic E-state index is 13.6. The van der Waals surface area contributed by atoms with Crippen LogP contribution in [-0.4, -0.2) is 89.1 Å². The molecule has 10 heteroatoms. The molecule has 1 aromatic heterocycles. The number of piperidine rings is 1. The second-order valence-corrected chi connectivity index (χ2v) is 11.9. The van der Waals surface area contributed by atoms with Crippen LogP contribution < -0.4 is 5.32 Å². The van der Waals surface area contributed by atoms with Gasteiger partial charge in [-0.2, -0.15) is 0 Å². The molecule has 0 aromatic carbocycles. The van der Waals surface area contributed by atoms with Crippen LogP contribution in [0.15, 0.2) is 9.72 Å². The summed E-state index contributed by atoms with van der Waals surface area (Å²) in [4.78, 5) is 48.8. The Morgan fingerprint density at radius 1 is 1.33 bits per heavy atom. The van der Waals surface area contributed by atoms with Crippen molar-refractivity contribution in [3.8, 4) is 0 Å². The minimum absolute atomic E-state index is 0.0374. The second kappa shape index (κ2) is 11.2. The Kier molecular flexibility index (Phi) is 8.80. The van der Waals surface area contributed by atoms with Gasteiger partial charge in [-0.05, 0) is 58.5 Å². The first-order valence-electron chi connectivity index (χ1n) is 11.7.